The number of hydrogen-bond donors (Lipinski definition) is 0. The topological polar surface area (TPSA) is 66.1 Å². The quantitative estimate of drug-likeness (QED) is 0.788. The highest BCUT2D eigenvalue weighted by molar-refractivity contribution is 5.69. The Labute approximate surface area is 130 Å². The standard InChI is InChI=1S/C15H15F2N3O3/c1-2-23-13(21)8-19-15(22)20(10-4-5-10)14(18-19)11-6-3-9(16)7-12(11)17/h3,6-7,10H,2,4-5,8H2,1H3. The molecule has 0 atom stereocenters. The van der Waals surface area contributed by atoms with Crippen LogP contribution in [0.1, 0.15) is 25.8 Å². The second kappa shape index (κ2) is 5.94. The van der Waals surface area contributed by atoms with Crippen LogP contribution in [-0.2, 0) is 16.1 Å². The third kappa shape index (κ3) is 3.01. The van der Waals surface area contributed by atoms with Gasteiger partial charge < -0.3 is 4.74 Å². The van der Waals surface area contributed by atoms with Gasteiger partial charge in [0.15, 0.2) is 5.82 Å². The summed E-state index contributed by atoms with van der Waals surface area (Å²) < 4.78 is 34.2. The van der Waals surface area contributed by atoms with Crippen molar-refractivity contribution in [2.75, 3.05) is 6.61 Å². The number of carbonyl (C=O) groups excluding carboxylic acids is 1. The lowest BCUT2D eigenvalue weighted by atomic mass is 10.2. The molecule has 1 aliphatic rings. The molecule has 1 fully saturated rings. The summed E-state index contributed by atoms with van der Waals surface area (Å²) in [5, 5.41) is 4.06. The lowest BCUT2D eigenvalue weighted by molar-refractivity contribution is -0.144. The fraction of sp³-hybridized carbons (Fsp3) is 0.400. The molecule has 1 aromatic carbocycles. The van der Waals surface area contributed by atoms with E-state index in [1.807, 2.05) is 0 Å². The van der Waals surface area contributed by atoms with Crippen LogP contribution in [0.25, 0.3) is 11.4 Å². The summed E-state index contributed by atoms with van der Waals surface area (Å²) in [4.78, 5) is 24.0. The van der Waals surface area contributed by atoms with E-state index in [0.717, 1.165) is 29.7 Å². The van der Waals surface area contributed by atoms with Crippen LogP contribution in [0.15, 0.2) is 23.0 Å². The van der Waals surface area contributed by atoms with Gasteiger partial charge in [-0.3, -0.25) is 9.36 Å². The predicted octanol–water partition coefficient (Wildman–Crippen LogP) is 1.89. The second-order valence-corrected chi connectivity index (χ2v) is 5.29. The Kier molecular flexibility index (Phi) is 3.97. The highest BCUT2D eigenvalue weighted by Gasteiger charge is 2.31. The summed E-state index contributed by atoms with van der Waals surface area (Å²) in [5.74, 6) is -2.02. The van der Waals surface area contributed by atoms with Crippen molar-refractivity contribution < 1.29 is 18.3 Å². The highest BCUT2D eigenvalue weighted by Crippen LogP contribution is 2.37. The lowest BCUT2D eigenvalue weighted by Crippen LogP contribution is -2.28. The zero-order valence-electron chi connectivity index (χ0n) is 12.5. The van der Waals surface area contributed by atoms with Gasteiger partial charge in [-0.1, -0.05) is 0 Å². The molecule has 2 aromatic rings. The number of benzene rings is 1. The average Bonchev–Trinajstić information content (AvgIpc) is 3.26. The van der Waals surface area contributed by atoms with E-state index in [0.29, 0.717) is 0 Å². The van der Waals surface area contributed by atoms with Gasteiger partial charge in [-0.25, -0.2) is 18.3 Å². The number of nitrogens with zero attached hydrogens (tertiary/aromatic N) is 3. The highest BCUT2D eigenvalue weighted by atomic mass is 19.1. The third-order valence-electron chi connectivity index (χ3n) is 3.54. The molecule has 0 spiro atoms. The molecule has 8 heteroatoms. The van der Waals surface area contributed by atoms with E-state index in [-0.39, 0.29) is 30.6 Å². The first-order valence-electron chi connectivity index (χ1n) is 7.31. The molecule has 0 aliphatic heterocycles. The molecule has 0 saturated heterocycles. The molecule has 3 rings (SSSR count). The summed E-state index contributed by atoms with van der Waals surface area (Å²) in [6.45, 7) is 1.50. The summed E-state index contributed by atoms with van der Waals surface area (Å²) in [6.07, 6.45) is 1.56. The molecule has 6 nitrogen and oxygen atoms in total. The van der Waals surface area contributed by atoms with Crippen molar-refractivity contribution in [1.82, 2.24) is 14.3 Å². The molecular weight excluding hydrogens is 308 g/mol. The zero-order valence-corrected chi connectivity index (χ0v) is 12.5. The van der Waals surface area contributed by atoms with Crippen LogP contribution in [0.2, 0.25) is 0 Å². The predicted molar refractivity (Wildman–Crippen MR) is 76.7 cm³/mol. The van der Waals surface area contributed by atoms with E-state index < -0.39 is 23.3 Å². The van der Waals surface area contributed by atoms with Crippen molar-refractivity contribution in [3.05, 3.63) is 40.3 Å². The monoisotopic (exact) mass is 323 g/mol. The molecule has 122 valence electrons. The maximum atomic E-state index is 14.0. The molecule has 0 N–H and O–H groups in total. The molecule has 1 aliphatic carbocycles. The smallest absolute Gasteiger partial charge is 0.347 e. The van der Waals surface area contributed by atoms with Gasteiger partial charge in [0, 0.05) is 12.1 Å². The minimum Gasteiger partial charge on any atom is -0.465 e. The van der Waals surface area contributed by atoms with Crippen LogP contribution < -0.4 is 5.69 Å². The molecule has 0 amide bonds. The molecule has 0 bridgehead atoms. The number of rotatable bonds is 5. The van der Waals surface area contributed by atoms with Crippen molar-refractivity contribution in [1.29, 1.82) is 0 Å². The molecule has 1 saturated carbocycles. The first-order chi connectivity index (χ1) is 11.0. The maximum absolute atomic E-state index is 14.0. The molecule has 1 heterocycles. The summed E-state index contributed by atoms with van der Waals surface area (Å²) in [5.41, 5.74) is -0.475. The minimum atomic E-state index is -0.805. The van der Waals surface area contributed by atoms with Gasteiger partial charge in [0.2, 0.25) is 0 Å². The molecule has 1 aromatic heterocycles. The molecular formula is C15H15F2N3O3. The van der Waals surface area contributed by atoms with Gasteiger partial charge in [-0.2, -0.15) is 0 Å². The van der Waals surface area contributed by atoms with Crippen molar-refractivity contribution >= 4 is 5.97 Å². The van der Waals surface area contributed by atoms with Crippen molar-refractivity contribution in [2.24, 2.45) is 0 Å². The van der Waals surface area contributed by atoms with E-state index in [1.165, 1.54) is 10.6 Å². The van der Waals surface area contributed by atoms with Gasteiger partial charge in [0.25, 0.3) is 0 Å². The maximum Gasteiger partial charge on any atom is 0.347 e. The van der Waals surface area contributed by atoms with Gasteiger partial charge in [0.1, 0.15) is 18.2 Å². The van der Waals surface area contributed by atoms with Gasteiger partial charge in [-0.15, -0.1) is 5.10 Å². The SMILES string of the molecule is CCOC(=O)Cn1nc(-c2ccc(F)cc2F)n(C2CC2)c1=O. The number of halogens is 2. The van der Waals surface area contributed by atoms with Crippen molar-refractivity contribution in [3.63, 3.8) is 0 Å². The number of esters is 1. The van der Waals surface area contributed by atoms with E-state index in [1.54, 1.807) is 6.92 Å². The molecule has 0 unspecified atom stereocenters. The van der Waals surface area contributed by atoms with Gasteiger partial charge >= 0.3 is 11.7 Å². The normalized spacial score (nSPS) is 14.0. The number of ether oxygens (including phenoxy) is 1. The fourth-order valence-corrected chi connectivity index (χ4v) is 2.37. The van der Waals surface area contributed by atoms with Crippen LogP contribution in [0.5, 0.6) is 0 Å². The van der Waals surface area contributed by atoms with E-state index in [4.69, 9.17) is 4.74 Å². The van der Waals surface area contributed by atoms with E-state index in [9.17, 15) is 18.4 Å². The zero-order chi connectivity index (χ0) is 16.6. The van der Waals surface area contributed by atoms with Crippen LogP contribution in [-0.4, -0.2) is 26.9 Å². The Balaban J connectivity index is 2.06. The van der Waals surface area contributed by atoms with Crippen LogP contribution in [0, 0.1) is 11.6 Å². The largest absolute Gasteiger partial charge is 0.465 e. The Morgan fingerprint density at radius 2 is 2.13 bits per heavy atom. The van der Waals surface area contributed by atoms with Crippen LogP contribution >= 0.6 is 0 Å². The van der Waals surface area contributed by atoms with Gasteiger partial charge in [0.05, 0.1) is 12.2 Å². The Hall–Kier alpha value is -2.51. The minimum absolute atomic E-state index is 0.0259. The van der Waals surface area contributed by atoms with E-state index >= 15 is 0 Å². The number of hydrogen-bond acceptors (Lipinski definition) is 4. The van der Waals surface area contributed by atoms with Gasteiger partial charge in [-0.05, 0) is 31.9 Å². The van der Waals surface area contributed by atoms with E-state index in [2.05, 4.69) is 5.10 Å². The summed E-state index contributed by atoms with van der Waals surface area (Å²) >= 11 is 0. The Bertz CT molecular complexity index is 809. The van der Waals surface area contributed by atoms with Crippen LogP contribution in [0.3, 0.4) is 0 Å². The first kappa shape index (κ1) is 15.4. The fourth-order valence-electron chi connectivity index (χ4n) is 2.37. The number of carbonyl (C=O) groups is 1. The average molecular weight is 323 g/mol. The Morgan fingerprint density at radius 3 is 2.74 bits per heavy atom. The third-order valence-corrected chi connectivity index (χ3v) is 3.54. The molecule has 23 heavy (non-hydrogen) atoms. The summed E-state index contributed by atoms with van der Waals surface area (Å²) in [7, 11) is 0. The van der Waals surface area contributed by atoms with Crippen molar-refractivity contribution in [3.8, 4) is 11.4 Å². The second-order valence-electron chi connectivity index (χ2n) is 5.29. The first-order valence-corrected chi connectivity index (χ1v) is 7.31. The molecule has 0 radical (unpaired) electrons. The van der Waals surface area contributed by atoms with Crippen LogP contribution in [0.4, 0.5) is 8.78 Å². The lowest BCUT2D eigenvalue weighted by Gasteiger charge is -2.04. The Morgan fingerprint density at radius 1 is 1.39 bits per heavy atom. The summed E-state index contributed by atoms with van der Waals surface area (Å²) in [6, 6.07) is 3.00. The number of aromatic nitrogens is 3. The van der Waals surface area contributed by atoms with Crippen molar-refractivity contribution in [2.45, 2.75) is 32.4 Å².